The number of amides is 1. The van der Waals surface area contributed by atoms with E-state index in [1.54, 1.807) is 0 Å². The van der Waals surface area contributed by atoms with E-state index in [9.17, 15) is 4.79 Å². The molecular formula is C22H28Cl2N4OS. The standard InChI is InChI=1S/C22H27ClN4OS.ClH/c1-15-19-14-20(21(28)25-13-5-12-24-17-6-3-2-4-7-17)29-22(19)27(26-15)18-10-8-16(23)9-11-18;/h8-11,14,17,24H,2-7,12-13H2,1H3,(H,25,28);1H. The molecule has 2 N–H and O–H groups in total. The van der Waals surface area contributed by atoms with Crippen molar-refractivity contribution < 1.29 is 4.79 Å². The van der Waals surface area contributed by atoms with E-state index in [2.05, 4.69) is 15.7 Å². The zero-order chi connectivity index (χ0) is 20.2. The van der Waals surface area contributed by atoms with E-state index in [0.717, 1.165) is 39.4 Å². The second-order valence-electron chi connectivity index (χ2n) is 7.70. The highest BCUT2D eigenvalue weighted by molar-refractivity contribution is 7.20. The Morgan fingerprint density at radius 1 is 1.20 bits per heavy atom. The Labute approximate surface area is 192 Å². The minimum Gasteiger partial charge on any atom is -0.351 e. The van der Waals surface area contributed by atoms with E-state index in [0.29, 0.717) is 17.6 Å². The summed E-state index contributed by atoms with van der Waals surface area (Å²) in [7, 11) is 0. The lowest BCUT2D eigenvalue weighted by Crippen LogP contribution is -2.33. The molecule has 1 saturated carbocycles. The van der Waals surface area contributed by atoms with Crippen molar-refractivity contribution in [2.45, 2.75) is 51.5 Å². The number of nitrogens with one attached hydrogen (secondary N) is 2. The van der Waals surface area contributed by atoms with Gasteiger partial charge in [-0.2, -0.15) is 5.10 Å². The van der Waals surface area contributed by atoms with Gasteiger partial charge in [-0.25, -0.2) is 4.68 Å². The molecule has 2 aromatic heterocycles. The molecule has 1 amide bonds. The van der Waals surface area contributed by atoms with Gasteiger partial charge in [0.1, 0.15) is 4.83 Å². The average molecular weight is 467 g/mol. The summed E-state index contributed by atoms with van der Waals surface area (Å²) in [5.74, 6) is -0.00841. The quantitative estimate of drug-likeness (QED) is 0.451. The van der Waals surface area contributed by atoms with Gasteiger partial charge in [0.05, 0.1) is 16.3 Å². The Bertz CT molecular complexity index is 977. The lowest BCUT2D eigenvalue weighted by atomic mass is 9.95. The van der Waals surface area contributed by atoms with E-state index in [-0.39, 0.29) is 18.3 Å². The highest BCUT2D eigenvalue weighted by Crippen LogP contribution is 2.30. The normalized spacial score (nSPS) is 14.6. The lowest BCUT2D eigenvalue weighted by molar-refractivity contribution is 0.0957. The molecule has 30 heavy (non-hydrogen) atoms. The van der Waals surface area contributed by atoms with Crippen molar-refractivity contribution in [3.8, 4) is 5.69 Å². The molecule has 0 saturated heterocycles. The molecule has 1 aliphatic carbocycles. The summed E-state index contributed by atoms with van der Waals surface area (Å²) in [4.78, 5) is 14.3. The van der Waals surface area contributed by atoms with Gasteiger partial charge in [-0.05, 0) is 63.1 Å². The largest absolute Gasteiger partial charge is 0.351 e. The van der Waals surface area contributed by atoms with Gasteiger partial charge in [0.2, 0.25) is 0 Å². The maximum Gasteiger partial charge on any atom is 0.261 e. The van der Waals surface area contributed by atoms with Crippen molar-refractivity contribution >= 4 is 51.5 Å². The van der Waals surface area contributed by atoms with Crippen molar-refractivity contribution in [3.05, 3.63) is 45.9 Å². The Kier molecular flexibility index (Phi) is 8.17. The zero-order valence-corrected chi connectivity index (χ0v) is 19.5. The number of hydrogen-bond acceptors (Lipinski definition) is 4. The first-order valence-corrected chi connectivity index (χ1v) is 11.6. The number of nitrogens with zero attached hydrogens (tertiary/aromatic N) is 2. The smallest absolute Gasteiger partial charge is 0.261 e. The highest BCUT2D eigenvalue weighted by Gasteiger charge is 2.17. The van der Waals surface area contributed by atoms with Gasteiger partial charge in [-0.1, -0.05) is 30.9 Å². The molecule has 0 bridgehead atoms. The van der Waals surface area contributed by atoms with Crippen LogP contribution in [0.4, 0.5) is 0 Å². The fourth-order valence-electron chi connectivity index (χ4n) is 3.91. The molecule has 162 valence electrons. The maximum absolute atomic E-state index is 12.6. The van der Waals surface area contributed by atoms with Crippen LogP contribution in [0.3, 0.4) is 0 Å². The third-order valence-corrected chi connectivity index (χ3v) is 6.88. The summed E-state index contributed by atoms with van der Waals surface area (Å²) in [6.07, 6.45) is 7.58. The third-order valence-electron chi connectivity index (χ3n) is 5.52. The molecule has 0 unspecified atom stereocenters. The van der Waals surface area contributed by atoms with Gasteiger partial charge in [0, 0.05) is 23.0 Å². The monoisotopic (exact) mass is 466 g/mol. The number of hydrogen-bond donors (Lipinski definition) is 2. The number of thiophene rings is 1. The summed E-state index contributed by atoms with van der Waals surface area (Å²) in [6, 6.07) is 10.2. The highest BCUT2D eigenvalue weighted by atomic mass is 35.5. The minimum atomic E-state index is -0.00841. The Morgan fingerprint density at radius 2 is 1.93 bits per heavy atom. The Morgan fingerprint density at radius 3 is 2.67 bits per heavy atom. The number of fused-ring (bicyclic) bond motifs is 1. The molecule has 1 fully saturated rings. The molecular weight excluding hydrogens is 439 g/mol. The Hall–Kier alpha value is -1.60. The van der Waals surface area contributed by atoms with Gasteiger partial charge in [0.25, 0.3) is 5.91 Å². The van der Waals surface area contributed by atoms with Crippen molar-refractivity contribution in [3.63, 3.8) is 0 Å². The fourth-order valence-corrected chi connectivity index (χ4v) is 5.13. The molecule has 0 atom stereocenters. The van der Waals surface area contributed by atoms with E-state index in [1.165, 1.54) is 43.4 Å². The van der Waals surface area contributed by atoms with Crippen molar-refractivity contribution in [1.29, 1.82) is 0 Å². The van der Waals surface area contributed by atoms with Crippen LogP contribution in [-0.2, 0) is 0 Å². The second kappa shape index (κ2) is 10.6. The molecule has 1 aliphatic rings. The van der Waals surface area contributed by atoms with Crippen molar-refractivity contribution in [1.82, 2.24) is 20.4 Å². The van der Waals surface area contributed by atoms with E-state index >= 15 is 0 Å². The lowest BCUT2D eigenvalue weighted by Gasteiger charge is -2.22. The fraction of sp³-hybridized carbons (Fsp3) is 0.455. The van der Waals surface area contributed by atoms with Crippen molar-refractivity contribution in [2.24, 2.45) is 0 Å². The summed E-state index contributed by atoms with van der Waals surface area (Å²) < 4.78 is 1.89. The van der Waals surface area contributed by atoms with Gasteiger partial charge in [-0.3, -0.25) is 4.79 Å². The number of carbonyl (C=O) groups excluding carboxylic acids is 1. The maximum atomic E-state index is 12.6. The van der Waals surface area contributed by atoms with Gasteiger partial charge < -0.3 is 10.6 Å². The van der Waals surface area contributed by atoms with Gasteiger partial charge in [-0.15, -0.1) is 23.7 Å². The first-order chi connectivity index (χ1) is 14.1. The summed E-state index contributed by atoms with van der Waals surface area (Å²) >= 11 is 7.48. The molecule has 1 aromatic carbocycles. The van der Waals surface area contributed by atoms with Crippen LogP contribution in [0.25, 0.3) is 15.9 Å². The van der Waals surface area contributed by atoms with E-state index in [4.69, 9.17) is 11.6 Å². The molecule has 3 aromatic rings. The zero-order valence-electron chi connectivity index (χ0n) is 17.1. The van der Waals surface area contributed by atoms with Gasteiger partial charge >= 0.3 is 0 Å². The summed E-state index contributed by atoms with van der Waals surface area (Å²) in [5.41, 5.74) is 1.86. The third kappa shape index (κ3) is 5.35. The van der Waals surface area contributed by atoms with Gasteiger partial charge in [0.15, 0.2) is 0 Å². The molecule has 4 rings (SSSR count). The predicted octanol–water partition coefficient (Wildman–Crippen LogP) is 5.51. The SMILES string of the molecule is Cc1nn(-c2ccc(Cl)cc2)c2sc(C(=O)NCCCNC3CCCCC3)cc12.Cl. The first-order valence-electron chi connectivity index (χ1n) is 10.4. The van der Waals surface area contributed by atoms with Crippen LogP contribution in [0.2, 0.25) is 5.02 Å². The number of halogens is 2. The molecule has 0 aliphatic heterocycles. The van der Waals surface area contributed by atoms with Crippen LogP contribution >= 0.6 is 35.3 Å². The molecule has 5 nitrogen and oxygen atoms in total. The summed E-state index contributed by atoms with van der Waals surface area (Å²) in [6.45, 7) is 3.62. The number of benzene rings is 1. The van der Waals surface area contributed by atoms with E-state index in [1.807, 2.05) is 41.9 Å². The average Bonchev–Trinajstić information content (AvgIpc) is 3.30. The number of aryl methyl sites for hydroxylation is 1. The van der Waals surface area contributed by atoms with Crippen molar-refractivity contribution in [2.75, 3.05) is 13.1 Å². The topological polar surface area (TPSA) is 59.0 Å². The Balaban J connectivity index is 0.00000256. The van der Waals surface area contributed by atoms with Crippen LogP contribution in [0.5, 0.6) is 0 Å². The minimum absolute atomic E-state index is 0. The summed E-state index contributed by atoms with van der Waals surface area (Å²) in [5, 5.41) is 13.0. The predicted molar refractivity (Wildman–Crippen MR) is 128 cm³/mol. The van der Waals surface area contributed by atoms with Crippen LogP contribution in [0, 0.1) is 6.92 Å². The molecule has 0 spiro atoms. The van der Waals surface area contributed by atoms with Crippen LogP contribution < -0.4 is 10.6 Å². The van der Waals surface area contributed by atoms with Crippen LogP contribution in [0.1, 0.15) is 53.9 Å². The van der Waals surface area contributed by atoms with Crippen LogP contribution in [-0.4, -0.2) is 34.8 Å². The molecule has 2 heterocycles. The molecule has 0 radical (unpaired) electrons. The second-order valence-corrected chi connectivity index (χ2v) is 9.17. The number of aromatic nitrogens is 2. The molecule has 8 heteroatoms. The number of rotatable bonds is 7. The number of carbonyl (C=O) groups is 1. The van der Waals surface area contributed by atoms with E-state index < -0.39 is 0 Å². The van der Waals surface area contributed by atoms with Crippen LogP contribution in [0.15, 0.2) is 30.3 Å². The first kappa shape index (κ1) is 23.1.